The summed E-state index contributed by atoms with van der Waals surface area (Å²) in [5, 5.41) is 12.0. The fourth-order valence-corrected chi connectivity index (χ4v) is 2.27. The van der Waals surface area contributed by atoms with Gasteiger partial charge in [0.05, 0.1) is 10.6 Å². The number of benzene rings is 1. The monoisotopic (exact) mass is 315 g/mol. The minimum Gasteiger partial charge on any atom is -0.334 e. The van der Waals surface area contributed by atoms with Crippen LogP contribution in [0.15, 0.2) is 47.4 Å². The quantitative estimate of drug-likeness (QED) is 0.568. The van der Waals surface area contributed by atoms with Crippen LogP contribution in [0.3, 0.4) is 0 Å². The van der Waals surface area contributed by atoms with E-state index in [0.29, 0.717) is 22.1 Å². The second-order valence-electron chi connectivity index (χ2n) is 4.56. The highest BCUT2D eigenvalue weighted by molar-refractivity contribution is 6.33. The maximum Gasteiger partial charge on any atom is 0.259 e. The average Bonchev–Trinajstić information content (AvgIpc) is 3.17. The Morgan fingerprint density at radius 3 is 3.00 bits per heavy atom. The van der Waals surface area contributed by atoms with Crippen molar-refractivity contribution in [3.8, 4) is 22.8 Å². The highest BCUT2D eigenvalue weighted by Crippen LogP contribution is 2.29. The fraction of sp³-hybridized carbons (Fsp3) is 0. The van der Waals surface area contributed by atoms with Crippen LogP contribution in [0.5, 0.6) is 0 Å². The number of hydrogen-bond acceptors (Lipinski definition) is 5. The van der Waals surface area contributed by atoms with Gasteiger partial charge in [0, 0.05) is 11.8 Å². The summed E-state index contributed by atoms with van der Waals surface area (Å²) in [7, 11) is 0. The van der Waals surface area contributed by atoms with Crippen molar-refractivity contribution in [2.24, 2.45) is 0 Å². The van der Waals surface area contributed by atoms with Crippen LogP contribution < -0.4 is 0 Å². The highest BCUT2D eigenvalue weighted by Gasteiger charge is 2.14. The lowest BCUT2D eigenvalue weighted by molar-refractivity contribution is 0.432. The molecule has 0 bridgehead atoms. The fourth-order valence-electron chi connectivity index (χ4n) is 2.07. The van der Waals surface area contributed by atoms with Gasteiger partial charge >= 0.3 is 0 Å². The predicted molar refractivity (Wildman–Crippen MR) is 76.7 cm³/mol. The van der Waals surface area contributed by atoms with Gasteiger partial charge in [-0.2, -0.15) is 4.98 Å². The van der Waals surface area contributed by atoms with Crippen molar-refractivity contribution in [3.63, 3.8) is 0 Å². The molecule has 4 aromatic rings. The van der Waals surface area contributed by atoms with Crippen LogP contribution in [-0.4, -0.2) is 24.7 Å². The van der Waals surface area contributed by atoms with Gasteiger partial charge in [0.15, 0.2) is 5.65 Å². The van der Waals surface area contributed by atoms with Crippen LogP contribution in [0.25, 0.3) is 28.5 Å². The van der Waals surface area contributed by atoms with Gasteiger partial charge < -0.3 is 4.52 Å². The molecule has 4 rings (SSSR count). The third-order valence-corrected chi connectivity index (χ3v) is 3.46. The van der Waals surface area contributed by atoms with Crippen LogP contribution in [0, 0.1) is 5.82 Å². The van der Waals surface area contributed by atoms with E-state index in [4.69, 9.17) is 16.1 Å². The third-order valence-electron chi connectivity index (χ3n) is 3.13. The number of halogens is 2. The number of nitrogens with zero attached hydrogens (tertiary/aromatic N) is 5. The molecule has 0 spiro atoms. The minimum atomic E-state index is -0.426. The second kappa shape index (κ2) is 4.88. The molecule has 0 aliphatic heterocycles. The third kappa shape index (κ3) is 2.11. The molecule has 0 unspecified atom stereocenters. The summed E-state index contributed by atoms with van der Waals surface area (Å²) in [6.45, 7) is 0. The molecule has 0 aliphatic rings. The van der Waals surface area contributed by atoms with Crippen LogP contribution in [-0.2, 0) is 0 Å². The summed E-state index contributed by atoms with van der Waals surface area (Å²) in [6.07, 6.45) is 3.35. The Bertz CT molecular complexity index is 980. The molecule has 0 saturated carbocycles. The molecule has 0 radical (unpaired) electrons. The zero-order chi connectivity index (χ0) is 15.1. The van der Waals surface area contributed by atoms with E-state index < -0.39 is 5.82 Å². The van der Waals surface area contributed by atoms with Gasteiger partial charge in [0.1, 0.15) is 12.1 Å². The lowest BCUT2D eigenvalue weighted by Gasteiger charge is -1.98. The number of pyridine rings is 1. The Kier molecular flexibility index (Phi) is 2.87. The molecule has 3 heterocycles. The van der Waals surface area contributed by atoms with Crippen molar-refractivity contribution in [3.05, 3.63) is 53.7 Å². The Morgan fingerprint density at radius 2 is 2.09 bits per heavy atom. The van der Waals surface area contributed by atoms with Crippen molar-refractivity contribution in [1.29, 1.82) is 0 Å². The first-order valence-corrected chi connectivity index (χ1v) is 6.67. The van der Waals surface area contributed by atoms with Gasteiger partial charge in [-0.1, -0.05) is 16.8 Å². The van der Waals surface area contributed by atoms with Crippen molar-refractivity contribution < 1.29 is 8.91 Å². The smallest absolute Gasteiger partial charge is 0.259 e. The van der Waals surface area contributed by atoms with E-state index in [2.05, 4.69) is 20.3 Å². The standard InChI is InChI=1S/C14H7ClFN5O/c15-11-3-2-9(16)5-10(11)14-18-13(20-22-14)8-1-4-12-19-17-7-21(12)6-8/h1-7H. The Balaban J connectivity index is 1.78. The predicted octanol–water partition coefficient (Wildman–Crippen LogP) is 3.24. The Hall–Kier alpha value is -2.80. The zero-order valence-corrected chi connectivity index (χ0v) is 11.7. The SMILES string of the molecule is Fc1ccc(Cl)c(-c2nc(-c3ccc4nncn4c3)no2)c1. The van der Waals surface area contributed by atoms with Crippen molar-refractivity contribution in [2.75, 3.05) is 0 Å². The number of aromatic nitrogens is 5. The topological polar surface area (TPSA) is 69.1 Å². The molecule has 1 aromatic carbocycles. The first-order valence-electron chi connectivity index (χ1n) is 6.29. The molecule has 22 heavy (non-hydrogen) atoms. The largest absolute Gasteiger partial charge is 0.334 e. The number of fused-ring (bicyclic) bond motifs is 1. The van der Waals surface area contributed by atoms with Gasteiger partial charge in [0.25, 0.3) is 5.89 Å². The molecule has 0 aliphatic carbocycles. The Morgan fingerprint density at radius 1 is 1.18 bits per heavy atom. The molecule has 0 amide bonds. The van der Waals surface area contributed by atoms with Crippen molar-refractivity contribution >= 4 is 17.2 Å². The van der Waals surface area contributed by atoms with Gasteiger partial charge in [-0.05, 0) is 30.3 Å². The molecule has 108 valence electrons. The molecule has 0 saturated heterocycles. The van der Waals surface area contributed by atoms with E-state index in [1.807, 2.05) is 0 Å². The van der Waals surface area contributed by atoms with E-state index in [1.165, 1.54) is 18.2 Å². The molecule has 8 heteroatoms. The van der Waals surface area contributed by atoms with Crippen LogP contribution >= 0.6 is 11.6 Å². The van der Waals surface area contributed by atoms with E-state index in [9.17, 15) is 4.39 Å². The van der Waals surface area contributed by atoms with Gasteiger partial charge in [-0.15, -0.1) is 10.2 Å². The molecule has 6 nitrogen and oxygen atoms in total. The lowest BCUT2D eigenvalue weighted by atomic mass is 10.2. The second-order valence-corrected chi connectivity index (χ2v) is 4.97. The van der Waals surface area contributed by atoms with E-state index in [1.54, 1.807) is 29.1 Å². The summed E-state index contributed by atoms with van der Waals surface area (Å²) >= 11 is 6.03. The first kappa shape index (κ1) is 12.9. The summed E-state index contributed by atoms with van der Waals surface area (Å²) in [4.78, 5) is 4.26. The summed E-state index contributed by atoms with van der Waals surface area (Å²) < 4.78 is 20.3. The summed E-state index contributed by atoms with van der Waals surface area (Å²) in [5.74, 6) is 0.0966. The Labute approximate surface area is 128 Å². The van der Waals surface area contributed by atoms with Crippen molar-refractivity contribution in [2.45, 2.75) is 0 Å². The van der Waals surface area contributed by atoms with Gasteiger partial charge in [-0.25, -0.2) is 4.39 Å². The highest BCUT2D eigenvalue weighted by atomic mass is 35.5. The maximum atomic E-state index is 13.3. The summed E-state index contributed by atoms with van der Waals surface area (Å²) in [5.41, 5.74) is 1.78. The molecule has 3 aromatic heterocycles. The van der Waals surface area contributed by atoms with Crippen molar-refractivity contribution in [1.82, 2.24) is 24.7 Å². The summed E-state index contributed by atoms with van der Waals surface area (Å²) in [6, 6.07) is 7.55. The van der Waals surface area contributed by atoms with Crippen LogP contribution in [0.1, 0.15) is 0 Å². The number of hydrogen-bond donors (Lipinski definition) is 0. The van der Waals surface area contributed by atoms with E-state index in [-0.39, 0.29) is 5.89 Å². The molecule has 0 fully saturated rings. The average molecular weight is 316 g/mol. The first-order chi connectivity index (χ1) is 10.7. The van der Waals surface area contributed by atoms with Gasteiger partial charge in [0.2, 0.25) is 5.82 Å². The molecular formula is C14H7ClFN5O. The van der Waals surface area contributed by atoms with E-state index in [0.717, 1.165) is 5.56 Å². The molecule has 0 N–H and O–H groups in total. The molecular weight excluding hydrogens is 309 g/mol. The molecule has 0 atom stereocenters. The maximum absolute atomic E-state index is 13.3. The van der Waals surface area contributed by atoms with Gasteiger partial charge in [-0.3, -0.25) is 4.40 Å². The van der Waals surface area contributed by atoms with Crippen LogP contribution in [0.2, 0.25) is 5.02 Å². The lowest BCUT2D eigenvalue weighted by Crippen LogP contribution is -1.87. The van der Waals surface area contributed by atoms with Crippen LogP contribution in [0.4, 0.5) is 4.39 Å². The normalized spacial score (nSPS) is 11.2. The minimum absolute atomic E-state index is 0.156. The number of rotatable bonds is 2. The zero-order valence-electron chi connectivity index (χ0n) is 10.9. The van der Waals surface area contributed by atoms with E-state index >= 15 is 0 Å².